The summed E-state index contributed by atoms with van der Waals surface area (Å²) in [5, 5.41) is 18.0. The standard InChI is InChI=1S/C23H30ClNO4.C22H26ClNO3/c1-5-8-17-12-16(3)19(20(24)13-17)14-21(26)25-23(22(27)28-4)10-7-9-18(15-23)29-11-6-2;1-4-7-15-11-14(3)18(17(23)12-15)19-20(25)22(24-21(19)26)9-6-8-16(13-22)27-10-5-2/h12-13,18H,6-7,9-11,14-15H2,1-4H3,(H,25,26);11-12,16,25H,5-6,8-10,13H2,1-3H3,(H,24,26). The molecular formula is C45H56Cl2N2O7. The van der Waals surface area contributed by atoms with Crippen LogP contribution in [0.3, 0.4) is 0 Å². The third-order valence-electron chi connectivity index (χ3n) is 10.6. The Hall–Kier alpha value is -3.99. The molecule has 4 unspecified atom stereocenters. The summed E-state index contributed by atoms with van der Waals surface area (Å²) in [7, 11) is 1.35. The number of amides is 2. The van der Waals surface area contributed by atoms with E-state index >= 15 is 0 Å². The third-order valence-corrected chi connectivity index (χ3v) is 11.2. The van der Waals surface area contributed by atoms with Crippen molar-refractivity contribution in [3.8, 4) is 23.7 Å². The first kappa shape index (κ1) is 44.7. The average Bonchev–Trinajstić information content (AvgIpc) is 3.38. The van der Waals surface area contributed by atoms with Crippen molar-refractivity contribution in [3.05, 3.63) is 73.5 Å². The lowest BCUT2D eigenvalue weighted by Crippen LogP contribution is -2.59. The summed E-state index contributed by atoms with van der Waals surface area (Å²) < 4.78 is 16.8. The van der Waals surface area contributed by atoms with Crippen molar-refractivity contribution in [2.24, 2.45) is 0 Å². The van der Waals surface area contributed by atoms with Gasteiger partial charge in [0.15, 0.2) is 0 Å². The van der Waals surface area contributed by atoms with Crippen LogP contribution in [0.2, 0.25) is 10.0 Å². The van der Waals surface area contributed by atoms with E-state index in [4.69, 9.17) is 37.4 Å². The van der Waals surface area contributed by atoms with Gasteiger partial charge in [-0.3, -0.25) is 9.59 Å². The van der Waals surface area contributed by atoms with Gasteiger partial charge in [0.2, 0.25) is 5.91 Å². The molecule has 0 bridgehead atoms. The monoisotopic (exact) mass is 806 g/mol. The van der Waals surface area contributed by atoms with Crippen LogP contribution in [-0.2, 0) is 35.0 Å². The van der Waals surface area contributed by atoms with E-state index < -0.39 is 17.0 Å². The van der Waals surface area contributed by atoms with E-state index in [1.54, 1.807) is 26.0 Å². The number of carbonyl (C=O) groups excluding carboxylic acids is 3. The van der Waals surface area contributed by atoms with Crippen LogP contribution >= 0.6 is 23.2 Å². The number of rotatable bonds is 11. The van der Waals surface area contributed by atoms with Crippen molar-refractivity contribution in [2.45, 2.75) is 135 Å². The largest absolute Gasteiger partial charge is 0.509 e. The zero-order valence-electron chi connectivity index (χ0n) is 33.8. The minimum absolute atomic E-state index is 0.0410. The van der Waals surface area contributed by atoms with Gasteiger partial charge in [0.1, 0.15) is 16.8 Å². The van der Waals surface area contributed by atoms with Crippen LogP contribution < -0.4 is 10.6 Å². The highest BCUT2D eigenvalue weighted by Gasteiger charge is 2.49. The van der Waals surface area contributed by atoms with Gasteiger partial charge in [0.25, 0.3) is 5.91 Å². The number of benzene rings is 2. The molecule has 9 nitrogen and oxygen atoms in total. The molecule has 0 aromatic heterocycles. The lowest BCUT2D eigenvalue weighted by molar-refractivity contribution is -0.155. The Morgan fingerprint density at radius 2 is 1.46 bits per heavy atom. The maximum absolute atomic E-state index is 12.9. The molecule has 1 spiro atoms. The summed E-state index contributed by atoms with van der Waals surface area (Å²) in [6, 6.07) is 7.31. The molecule has 1 heterocycles. The van der Waals surface area contributed by atoms with Crippen LogP contribution in [-0.4, -0.2) is 66.5 Å². The Kier molecular flexibility index (Phi) is 16.3. The van der Waals surface area contributed by atoms with E-state index in [1.807, 2.05) is 32.9 Å². The highest BCUT2D eigenvalue weighted by atomic mass is 35.5. The molecule has 3 N–H and O–H groups in total. The second kappa shape index (κ2) is 20.4. The van der Waals surface area contributed by atoms with Crippen molar-refractivity contribution < 1.29 is 33.7 Å². The van der Waals surface area contributed by atoms with E-state index in [0.29, 0.717) is 54.5 Å². The highest BCUT2D eigenvalue weighted by Crippen LogP contribution is 2.44. The number of ether oxygens (including phenoxy) is 3. The van der Waals surface area contributed by atoms with Crippen LogP contribution in [0.1, 0.15) is 125 Å². The first-order valence-electron chi connectivity index (χ1n) is 19.6. The fourth-order valence-corrected chi connectivity index (χ4v) is 8.75. The minimum Gasteiger partial charge on any atom is -0.509 e. The van der Waals surface area contributed by atoms with Gasteiger partial charge in [-0.2, -0.15) is 0 Å². The number of hydrogen-bond donors (Lipinski definition) is 3. The fraction of sp³-hybridized carbons (Fsp3) is 0.533. The number of esters is 1. The van der Waals surface area contributed by atoms with Gasteiger partial charge in [-0.25, -0.2) is 4.79 Å². The van der Waals surface area contributed by atoms with Crippen LogP contribution in [0.4, 0.5) is 0 Å². The van der Waals surface area contributed by atoms with E-state index in [2.05, 4.69) is 41.2 Å². The first-order valence-corrected chi connectivity index (χ1v) is 20.4. The lowest BCUT2D eigenvalue weighted by atomic mass is 9.79. The molecule has 11 heteroatoms. The number of carbonyl (C=O) groups is 3. The molecule has 4 atom stereocenters. The second-order valence-corrected chi connectivity index (χ2v) is 15.7. The Bertz CT molecular complexity index is 1890. The zero-order chi connectivity index (χ0) is 41.0. The summed E-state index contributed by atoms with van der Waals surface area (Å²) >= 11 is 12.9. The summed E-state index contributed by atoms with van der Waals surface area (Å²) in [6.45, 7) is 12.8. The Morgan fingerprint density at radius 3 is 2.02 bits per heavy atom. The number of hydrogen-bond acceptors (Lipinski definition) is 7. The molecule has 2 aliphatic carbocycles. The predicted octanol–water partition coefficient (Wildman–Crippen LogP) is 8.49. The summed E-state index contributed by atoms with van der Waals surface area (Å²) in [5.74, 6) is 10.8. The van der Waals surface area contributed by atoms with Gasteiger partial charge in [-0.15, -0.1) is 11.8 Å². The Morgan fingerprint density at radius 1 is 0.893 bits per heavy atom. The molecule has 0 radical (unpaired) electrons. The summed E-state index contributed by atoms with van der Waals surface area (Å²) in [6.07, 6.45) is 7.67. The molecule has 0 saturated heterocycles. The summed E-state index contributed by atoms with van der Waals surface area (Å²) in [4.78, 5) is 38.3. The van der Waals surface area contributed by atoms with Crippen LogP contribution in [0, 0.1) is 37.5 Å². The van der Waals surface area contributed by atoms with Gasteiger partial charge in [-0.1, -0.05) is 48.9 Å². The number of halogens is 2. The predicted molar refractivity (Wildman–Crippen MR) is 221 cm³/mol. The molecular weight excluding hydrogens is 751 g/mol. The van der Waals surface area contributed by atoms with Gasteiger partial charge >= 0.3 is 5.97 Å². The Labute approximate surface area is 342 Å². The quantitative estimate of drug-likeness (QED) is 0.154. The molecule has 5 rings (SSSR count). The second-order valence-electron chi connectivity index (χ2n) is 14.9. The van der Waals surface area contributed by atoms with Gasteiger partial charge in [0.05, 0.1) is 36.3 Å². The normalized spacial score (nSPS) is 22.8. The molecule has 2 amide bonds. The van der Waals surface area contributed by atoms with Crippen LogP contribution in [0.5, 0.6) is 0 Å². The van der Waals surface area contributed by atoms with E-state index in [0.717, 1.165) is 66.3 Å². The van der Waals surface area contributed by atoms with Gasteiger partial charge in [-0.05, 0) is 120 Å². The van der Waals surface area contributed by atoms with E-state index in [-0.39, 0.29) is 41.8 Å². The van der Waals surface area contributed by atoms with Crippen molar-refractivity contribution >= 4 is 46.6 Å². The molecule has 3 aliphatic rings. The van der Waals surface area contributed by atoms with E-state index in [1.165, 1.54) is 7.11 Å². The van der Waals surface area contributed by atoms with E-state index in [9.17, 15) is 19.5 Å². The average molecular weight is 808 g/mol. The maximum atomic E-state index is 12.9. The summed E-state index contributed by atoms with van der Waals surface area (Å²) in [5.41, 5.74) is 3.12. The van der Waals surface area contributed by atoms with Crippen molar-refractivity contribution in [3.63, 3.8) is 0 Å². The number of aliphatic hydroxyl groups is 1. The smallest absolute Gasteiger partial charge is 0.331 e. The molecule has 56 heavy (non-hydrogen) atoms. The molecule has 2 aromatic carbocycles. The van der Waals surface area contributed by atoms with Crippen molar-refractivity contribution in [1.82, 2.24) is 10.6 Å². The maximum Gasteiger partial charge on any atom is 0.331 e. The van der Waals surface area contributed by atoms with Crippen molar-refractivity contribution in [1.29, 1.82) is 0 Å². The number of methoxy groups -OCH3 is 1. The molecule has 2 fully saturated rings. The van der Waals surface area contributed by atoms with Crippen LogP contribution in [0.25, 0.3) is 5.57 Å². The van der Waals surface area contributed by atoms with Crippen molar-refractivity contribution in [2.75, 3.05) is 20.3 Å². The Balaban J connectivity index is 0.000000249. The minimum atomic E-state index is -1.06. The van der Waals surface area contributed by atoms with Gasteiger partial charge < -0.3 is 30.0 Å². The SMILES string of the molecule is CC#Cc1cc(C)c(C2=C(O)C3(CCCC(OCCC)C3)NC2=O)c(Cl)c1.CC#Cc1cc(C)c(CC(=O)NC2(C(=O)OC)CCCC(OCCC)C2)c(Cl)c1. The third kappa shape index (κ3) is 10.7. The molecule has 2 saturated carbocycles. The first-order chi connectivity index (χ1) is 26.8. The molecule has 1 aliphatic heterocycles. The number of aliphatic hydroxyl groups excluding tert-OH is 1. The fourth-order valence-electron chi connectivity index (χ4n) is 8.06. The van der Waals surface area contributed by atoms with Crippen LogP contribution in [0.15, 0.2) is 30.0 Å². The van der Waals surface area contributed by atoms with Gasteiger partial charge in [0, 0.05) is 47.8 Å². The topological polar surface area (TPSA) is 123 Å². The zero-order valence-corrected chi connectivity index (χ0v) is 35.3. The molecule has 2 aromatic rings. The molecule has 302 valence electrons. The number of aryl methyl sites for hydroxylation is 2. The lowest BCUT2D eigenvalue weighted by Gasteiger charge is -2.39. The highest BCUT2D eigenvalue weighted by molar-refractivity contribution is 6.36. The number of nitrogens with one attached hydrogen (secondary N) is 2.